The minimum absolute atomic E-state index is 0.00354. The lowest BCUT2D eigenvalue weighted by Crippen LogP contribution is -2.18. The fourth-order valence-corrected chi connectivity index (χ4v) is 4.22. The van der Waals surface area contributed by atoms with Crippen molar-refractivity contribution >= 4 is 28.5 Å². The predicted molar refractivity (Wildman–Crippen MR) is 111 cm³/mol. The van der Waals surface area contributed by atoms with Gasteiger partial charge in [0.15, 0.2) is 5.13 Å². The largest absolute Gasteiger partial charge is 0.466 e. The fraction of sp³-hybridized carbons (Fsp3) is 0.227. The lowest BCUT2D eigenvalue weighted by atomic mass is 9.98. The molecular formula is C22H20N2O4S. The van der Waals surface area contributed by atoms with Crippen molar-refractivity contribution in [2.24, 2.45) is 0 Å². The van der Waals surface area contributed by atoms with Crippen LogP contribution in [0.1, 0.15) is 29.7 Å². The standard InChI is InChI=1S/C22H20N2O4S/c1-2-27-20(25)11-14-13-29-21(23-14)24-22(26)28-12-19-17-9-5-3-7-15(17)16-8-4-6-10-18(16)19/h3-10,13,19H,2,11-12H2,1H3,(H,23,24,26). The number of rotatable bonds is 6. The zero-order chi connectivity index (χ0) is 20.2. The third-order valence-electron chi connectivity index (χ3n) is 4.74. The van der Waals surface area contributed by atoms with E-state index in [-0.39, 0.29) is 24.9 Å². The van der Waals surface area contributed by atoms with E-state index >= 15 is 0 Å². The maximum absolute atomic E-state index is 12.3. The average molecular weight is 408 g/mol. The van der Waals surface area contributed by atoms with Crippen molar-refractivity contribution in [3.8, 4) is 11.1 Å². The number of ether oxygens (including phenoxy) is 2. The van der Waals surface area contributed by atoms with Crippen LogP contribution in [-0.2, 0) is 20.7 Å². The van der Waals surface area contributed by atoms with Crippen molar-refractivity contribution in [1.29, 1.82) is 0 Å². The summed E-state index contributed by atoms with van der Waals surface area (Å²) in [5.41, 5.74) is 5.24. The Hall–Kier alpha value is -3.19. The van der Waals surface area contributed by atoms with Crippen LogP contribution < -0.4 is 5.32 Å². The summed E-state index contributed by atoms with van der Waals surface area (Å²) in [6.07, 6.45) is -0.486. The number of amides is 1. The first-order valence-corrected chi connectivity index (χ1v) is 10.3. The molecule has 0 spiro atoms. The molecule has 0 radical (unpaired) electrons. The van der Waals surface area contributed by atoms with Crippen LogP contribution in [0.5, 0.6) is 0 Å². The second-order valence-electron chi connectivity index (χ2n) is 6.58. The van der Waals surface area contributed by atoms with E-state index in [9.17, 15) is 9.59 Å². The van der Waals surface area contributed by atoms with Gasteiger partial charge in [0.2, 0.25) is 0 Å². The third kappa shape index (κ3) is 4.14. The lowest BCUT2D eigenvalue weighted by molar-refractivity contribution is -0.142. The molecule has 0 saturated carbocycles. The molecule has 0 saturated heterocycles. The topological polar surface area (TPSA) is 77.5 Å². The number of thiazole rings is 1. The summed E-state index contributed by atoms with van der Waals surface area (Å²) in [4.78, 5) is 28.0. The number of aromatic nitrogens is 1. The third-order valence-corrected chi connectivity index (χ3v) is 5.54. The van der Waals surface area contributed by atoms with Crippen LogP contribution >= 0.6 is 11.3 Å². The Bertz CT molecular complexity index is 1000. The highest BCUT2D eigenvalue weighted by molar-refractivity contribution is 7.13. The van der Waals surface area contributed by atoms with Crippen molar-refractivity contribution in [2.75, 3.05) is 18.5 Å². The molecule has 7 heteroatoms. The minimum atomic E-state index is -0.566. The first-order chi connectivity index (χ1) is 14.2. The molecule has 0 bridgehead atoms. The molecule has 0 aliphatic heterocycles. The maximum atomic E-state index is 12.3. The SMILES string of the molecule is CCOC(=O)Cc1csc(NC(=O)OCC2c3ccccc3-c3ccccc32)n1. The van der Waals surface area contributed by atoms with E-state index in [1.54, 1.807) is 12.3 Å². The molecule has 6 nitrogen and oxygen atoms in total. The van der Waals surface area contributed by atoms with Crippen molar-refractivity contribution in [3.63, 3.8) is 0 Å². The Kier molecular flexibility index (Phi) is 5.57. The van der Waals surface area contributed by atoms with Crippen LogP contribution in [0.4, 0.5) is 9.93 Å². The molecule has 1 aromatic heterocycles. The van der Waals surface area contributed by atoms with Crippen molar-refractivity contribution < 1.29 is 19.1 Å². The van der Waals surface area contributed by atoms with E-state index in [4.69, 9.17) is 9.47 Å². The molecule has 1 aliphatic carbocycles. The van der Waals surface area contributed by atoms with Gasteiger partial charge in [-0.15, -0.1) is 11.3 Å². The molecule has 0 atom stereocenters. The van der Waals surface area contributed by atoms with Crippen molar-refractivity contribution in [1.82, 2.24) is 4.98 Å². The first-order valence-electron chi connectivity index (χ1n) is 9.37. The van der Waals surface area contributed by atoms with Crippen LogP contribution in [0.25, 0.3) is 11.1 Å². The number of anilines is 1. The van der Waals surface area contributed by atoms with Gasteiger partial charge in [-0.25, -0.2) is 9.78 Å². The van der Waals surface area contributed by atoms with Gasteiger partial charge >= 0.3 is 12.1 Å². The van der Waals surface area contributed by atoms with Gasteiger partial charge in [-0.3, -0.25) is 10.1 Å². The molecule has 2 aromatic carbocycles. The Morgan fingerprint density at radius 3 is 2.34 bits per heavy atom. The molecular weight excluding hydrogens is 388 g/mol. The molecule has 3 aromatic rings. The number of benzene rings is 2. The predicted octanol–water partition coefficient (Wildman–Crippen LogP) is 4.61. The second-order valence-corrected chi connectivity index (χ2v) is 7.43. The van der Waals surface area contributed by atoms with E-state index in [1.165, 1.54) is 22.5 Å². The van der Waals surface area contributed by atoms with Gasteiger partial charge in [0.1, 0.15) is 6.61 Å². The molecule has 0 unspecified atom stereocenters. The normalized spacial score (nSPS) is 12.2. The van der Waals surface area contributed by atoms with E-state index in [1.807, 2.05) is 24.3 Å². The maximum Gasteiger partial charge on any atom is 0.413 e. The van der Waals surface area contributed by atoms with Crippen LogP contribution in [-0.4, -0.2) is 30.3 Å². The van der Waals surface area contributed by atoms with Gasteiger partial charge in [0, 0.05) is 11.3 Å². The number of carbonyl (C=O) groups excluding carboxylic acids is 2. The Labute approximate surface area is 172 Å². The van der Waals surface area contributed by atoms with E-state index in [0.717, 1.165) is 11.1 Å². The highest BCUT2D eigenvalue weighted by atomic mass is 32.1. The average Bonchev–Trinajstić information content (AvgIpc) is 3.28. The molecule has 1 aliphatic rings. The molecule has 148 valence electrons. The minimum Gasteiger partial charge on any atom is -0.466 e. The number of nitrogens with one attached hydrogen (secondary N) is 1. The summed E-state index contributed by atoms with van der Waals surface area (Å²) in [6.45, 7) is 2.32. The van der Waals surface area contributed by atoms with Gasteiger partial charge in [-0.2, -0.15) is 0 Å². The van der Waals surface area contributed by atoms with Gasteiger partial charge < -0.3 is 9.47 Å². The quantitative estimate of drug-likeness (QED) is 0.603. The second kappa shape index (κ2) is 8.45. The fourth-order valence-electron chi connectivity index (χ4n) is 3.53. The van der Waals surface area contributed by atoms with Gasteiger partial charge in [0.05, 0.1) is 18.7 Å². The number of fused-ring (bicyclic) bond motifs is 3. The Morgan fingerprint density at radius 2 is 1.69 bits per heavy atom. The summed E-state index contributed by atoms with van der Waals surface area (Å²) in [5, 5.41) is 4.74. The van der Waals surface area contributed by atoms with Crippen LogP contribution in [0.15, 0.2) is 53.9 Å². The highest BCUT2D eigenvalue weighted by Gasteiger charge is 2.29. The lowest BCUT2D eigenvalue weighted by Gasteiger charge is -2.14. The molecule has 1 heterocycles. The van der Waals surface area contributed by atoms with E-state index in [2.05, 4.69) is 34.6 Å². The van der Waals surface area contributed by atoms with Crippen molar-refractivity contribution in [3.05, 3.63) is 70.7 Å². The van der Waals surface area contributed by atoms with Crippen LogP contribution in [0.2, 0.25) is 0 Å². The summed E-state index contributed by atoms with van der Waals surface area (Å²) in [7, 11) is 0. The molecule has 29 heavy (non-hydrogen) atoms. The van der Waals surface area contributed by atoms with Gasteiger partial charge in [-0.05, 0) is 29.2 Å². The first kappa shape index (κ1) is 19.1. The molecule has 1 amide bonds. The summed E-state index contributed by atoms with van der Waals surface area (Å²) < 4.78 is 10.4. The van der Waals surface area contributed by atoms with E-state index < -0.39 is 6.09 Å². The van der Waals surface area contributed by atoms with Crippen LogP contribution in [0.3, 0.4) is 0 Å². The zero-order valence-corrected chi connectivity index (χ0v) is 16.7. The number of carbonyl (C=O) groups is 2. The van der Waals surface area contributed by atoms with Gasteiger partial charge in [0.25, 0.3) is 0 Å². The highest BCUT2D eigenvalue weighted by Crippen LogP contribution is 2.44. The molecule has 1 N–H and O–H groups in total. The Balaban J connectivity index is 1.38. The molecule has 0 fully saturated rings. The van der Waals surface area contributed by atoms with Crippen LogP contribution in [0, 0.1) is 0 Å². The number of hydrogen-bond donors (Lipinski definition) is 1. The summed E-state index contributed by atoms with van der Waals surface area (Å²) in [5.74, 6) is -0.339. The number of hydrogen-bond acceptors (Lipinski definition) is 6. The van der Waals surface area contributed by atoms with Crippen molar-refractivity contribution in [2.45, 2.75) is 19.3 Å². The summed E-state index contributed by atoms with van der Waals surface area (Å²) >= 11 is 1.24. The Morgan fingerprint density at radius 1 is 1.03 bits per heavy atom. The summed E-state index contributed by atoms with van der Waals surface area (Å²) in [6, 6.07) is 16.4. The van der Waals surface area contributed by atoms with Gasteiger partial charge in [-0.1, -0.05) is 48.5 Å². The monoisotopic (exact) mass is 408 g/mol. The zero-order valence-electron chi connectivity index (χ0n) is 15.9. The number of esters is 1. The number of nitrogens with zero attached hydrogens (tertiary/aromatic N) is 1. The molecule has 4 rings (SSSR count). The smallest absolute Gasteiger partial charge is 0.413 e. The van der Waals surface area contributed by atoms with E-state index in [0.29, 0.717) is 17.4 Å².